The summed E-state index contributed by atoms with van der Waals surface area (Å²) in [7, 11) is 3.13. The third kappa shape index (κ3) is 5.24. The number of ether oxygens (including phenoxy) is 2. The summed E-state index contributed by atoms with van der Waals surface area (Å²) in [4.78, 5) is 26.2. The van der Waals surface area contributed by atoms with Crippen LogP contribution in [0.15, 0.2) is 23.9 Å². The standard InChI is InChI=1S/C19H26N2O4/c1-14(22)20-16(19(23)21-10-6-4-5-7-11-21)12-15-8-9-17(24-2)18(13-15)25-3/h8-9,12-13H,4-7,10-11H2,1-3H3,(H,20,22)/b16-12-. The molecular formula is C19H26N2O4. The molecule has 0 unspecified atom stereocenters. The minimum absolute atomic E-state index is 0.146. The summed E-state index contributed by atoms with van der Waals surface area (Å²) in [5.41, 5.74) is 1.03. The number of nitrogens with zero attached hydrogens (tertiary/aromatic N) is 1. The van der Waals surface area contributed by atoms with Crippen molar-refractivity contribution in [3.63, 3.8) is 0 Å². The number of rotatable bonds is 5. The number of hydrogen-bond acceptors (Lipinski definition) is 4. The molecule has 0 radical (unpaired) electrons. The summed E-state index contributed by atoms with van der Waals surface area (Å²) < 4.78 is 10.5. The second-order valence-corrected chi connectivity index (χ2v) is 6.06. The molecular weight excluding hydrogens is 320 g/mol. The first kappa shape index (κ1) is 18.8. The number of hydrogen-bond donors (Lipinski definition) is 1. The molecule has 0 aliphatic carbocycles. The topological polar surface area (TPSA) is 67.9 Å². The van der Waals surface area contributed by atoms with Crippen LogP contribution in [0.4, 0.5) is 0 Å². The van der Waals surface area contributed by atoms with E-state index in [9.17, 15) is 9.59 Å². The number of methoxy groups -OCH3 is 2. The first-order chi connectivity index (χ1) is 12.0. The third-order valence-corrected chi connectivity index (χ3v) is 4.15. The Morgan fingerprint density at radius 1 is 1.04 bits per heavy atom. The molecule has 0 atom stereocenters. The van der Waals surface area contributed by atoms with Crippen LogP contribution >= 0.6 is 0 Å². The molecule has 0 aromatic heterocycles. The van der Waals surface area contributed by atoms with Gasteiger partial charge in [-0.3, -0.25) is 9.59 Å². The lowest BCUT2D eigenvalue weighted by Crippen LogP contribution is -2.38. The van der Waals surface area contributed by atoms with Crippen molar-refractivity contribution in [3.05, 3.63) is 29.5 Å². The normalized spacial score (nSPS) is 15.3. The van der Waals surface area contributed by atoms with Crippen LogP contribution in [-0.2, 0) is 9.59 Å². The molecule has 1 aliphatic heterocycles. The van der Waals surface area contributed by atoms with Gasteiger partial charge in [0.15, 0.2) is 11.5 Å². The molecule has 25 heavy (non-hydrogen) atoms. The Bertz CT molecular complexity index is 647. The van der Waals surface area contributed by atoms with Gasteiger partial charge in [0.25, 0.3) is 5.91 Å². The molecule has 1 heterocycles. The molecule has 6 nitrogen and oxygen atoms in total. The average Bonchev–Trinajstić information content (AvgIpc) is 2.89. The molecule has 1 saturated heterocycles. The highest BCUT2D eigenvalue weighted by Crippen LogP contribution is 2.28. The van der Waals surface area contributed by atoms with E-state index < -0.39 is 0 Å². The van der Waals surface area contributed by atoms with Crippen LogP contribution < -0.4 is 14.8 Å². The van der Waals surface area contributed by atoms with Crippen LogP contribution in [-0.4, -0.2) is 44.0 Å². The van der Waals surface area contributed by atoms with Crippen LogP contribution in [0.5, 0.6) is 11.5 Å². The number of benzene rings is 1. The van der Waals surface area contributed by atoms with Gasteiger partial charge < -0.3 is 19.7 Å². The van der Waals surface area contributed by atoms with Gasteiger partial charge in [-0.05, 0) is 36.6 Å². The van der Waals surface area contributed by atoms with E-state index >= 15 is 0 Å². The van der Waals surface area contributed by atoms with Crippen molar-refractivity contribution in [2.24, 2.45) is 0 Å². The van der Waals surface area contributed by atoms with Gasteiger partial charge in [0.1, 0.15) is 5.70 Å². The first-order valence-electron chi connectivity index (χ1n) is 8.55. The zero-order valence-corrected chi connectivity index (χ0v) is 15.1. The summed E-state index contributed by atoms with van der Waals surface area (Å²) in [5.74, 6) is 0.766. The fourth-order valence-electron chi connectivity index (χ4n) is 2.89. The van der Waals surface area contributed by atoms with E-state index in [1.54, 1.807) is 32.4 Å². The van der Waals surface area contributed by atoms with Gasteiger partial charge in [0, 0.05) is 20.0 Å². The minimum atomic E-state index is -0.269. The molecule has 0 bridgehead atoms. The molecule has 1 aliphatic rings. The maximum Gasteiger partial charge on any atom is 0.270 e. The molecule has 1 aromatic carbocycles. The van der Waals surface area contributed by atoms with Crippen molar-refractivity contribution in [2.75, 3.05) is 27.3 Å². The fourth-order valence-corrected chi connectivity index (χ4v) is 2.89. The summed E-state index contributed by atoms with van der Waals surface area (Å²) in [6.07, 6.45) is 5.94. The van der Waals surface area contributed by atoms with Gasteiger partial charge >= 0.3 is 0 Å². The molecule has 0 spiro atoms. The molecule has 1 aromatic rings. The SMILES string of the molecule is COc1ccc(/C=C(\NC(C)=O)C(=O)N2CCCCCC2)cc1OC. The van der Waals surface area contributed by atoms with Crippen molar-refractivity contribution in [1.29, 1.82) is 0 Å². The Kier molecular flexibility index (Phi) is 6.86. The monoisotopic (exact) mass is 346 g/mol. The Morgan fingerprint density at radius 3 is 2.24 bits per heavy atom. The number of carbonyl (C=O) groups is 2. The lowest BCUT2D eigenvalue weighted by Gasteiger charge is -2.22. The van der Waals surface area contributed by atoms with Crippen molar-refractivity contribution in [1.82, 2.24) is 10.2 Å². The summed E-state index contributed by atoms with van der Waals surface area (Å²) >= 11 is 0. The van der Waals surface area contributed by atoms with Gasteiger partial charge in [0.2, 0.25) is 5.91 Å². The van der Waals surface area contributed by atoms with Crippen LogP contribution in [0.1, 0.15) is 38.2 Å². The van der Waals surface area contributed by atoms with Crippen LogP contribution in [0, 0.1) is 0 Å². The van der Waals surface area contributed by atoms with E-state index in [1.165, 1.54) is 6.92 Å². The highest BCUT2D eigenvalue weighted by molar-refractivity contribution is 6.01. The van der Waals surface area contributed by atoms with E-state index in [0.29, 0.717) is 11.5 Å². The molecule has 0 saturated carbocycles. The second kappa shape index (κ2) is 9.11. The van der Waals surface area contributed by atoms with E-state index in [4.69, 9.17) is 9.47 Å². The maximum atomic E-state index is 12.9. The van der Waals surface area contributed by atoms with Gasteiger partial charge in [0.05, 0.1) is 14.2 Å². The van der Waals surface area contributed by atoms with Gasteiger partial charge in [-0.15, -0.1) is 0 Å². The molecule has 1 N–H and O–H groups in total. The Balaban J connectivity index is 2.30. The fraction of sp³-hybridized carbons (Fsp3) is 0.474. The average molecular weight is 346 g/mol. The van der Waals surface area contributed by atoms with Gasteiger partial charge in [-0.25, -0.2) is 0 Å². The van der Waals surface area contributed by atoms with E-state index in [2.05, 4.69) is 5.32 Å². The number of carbonyl (C=O) groups excluding carboxylic acids is 2. The van der Waals surface area contributed by atoms with Gasteiger partial charge in [-0.1, -0.05) is 18.9 Å². The smallest absolute Gasteiger partial charge is 0.270 e. The first-order valence-corrected chi connectivity index (χ1v) is 8.55. The molecule has 2 rings (SSSR count). The van der Waals surface area contributed by atoms with Crippen LogP contribution in [0.3, 0.4) is 0 Å². The zero-order chi connectivity index (χ0) is 18.2. The lowest BCUT2D eigenvalue weighted by molar-refractivity contribution is -0.129. The highest BCUT2D eigenvalue weighted by atomic mass is 16.5. The van der Waals surface area contributed by atoms with E-state index in [-0.39, 0.29) is 17.5 Å². The molecule has 2 amide bonds. The van der Waals surface area contributed by atoms with Crippen LogP contribution in [0.25, 0.3) is 6.08 Å². The van der Waals surface area contributed by atoms with Crippen molar-refractivity contribution in [2.45, 2.75) is 32.6 Å². The number of likely N-dealkylation sites (tertiary alicyclic amines) is 1. The Hall–Kier alpha value is -2.50. The quantitative estimate of drug-likeness (QED) is 0.832. The highest BCUT2D eigenvalue weighted by Gasteiger charge is 2.20. The molecule has 6 heteroatoms. The Morgan fingerprint density at radius 2 is 1.68 bits per heavy atom. The largest absolute Gasteiger partial charge is 0.493 e. The van der Waals surface area contributed by atoms with Crippen molar-refractivity contribution < 1.29 is 19.1 Å². The maximum absolute atomic E-state index is 12.9. The molecule has 136 valence electrons. The Labute approximate surface area is 148 Å². The predicted octanol–water partition coefficient (Wildman–Crippen LogP) is 2.58. The zero-order valence-electron chi connectivity index (χ0n) is 15.1. The summed E-state index contributed by atoms with van der Waals surface area (Å²) in [6, 6.07) is 5.36. The van der Waals surface area contributed by atoms with E-state index in [0.717, 1.165) is 44.3 Å². The van der Waals surface area contributed by atoms with Crippen molar-refractivity contribution >= 4 is 17.9 Å². The second-order valence-electron chi connectivity index (χ2n) is 6.06. The minimum Gasteiger partial charge on any atom is -0.493 e. The summed E-state index contributed by atoms with van der Waals surface area (Å²) in [6.45, 7) is 2.85. The molecule has 1 fully saturated rings. The van der Waals surface area contributed by atoms with Crippen molar-refractivity contribution in [3.8, 4) is 11.5 Å². The number of amides is 2. The van der Waals surface area contributed by atoms with E-state index in [1.807, 2.05) is 11.0 Å². The lowest BCUT2D eigenvalue weighted by atomic mass is 10.1. The number of nitrogens with one attached hydrogen (secondary N) is 1. The third-order valence-electron chi connectivity index (χ3n) is 4.15. The van der Waals surface area contributed by atoms with Gasteiger partial charge in [-0.2, -0.15) is 0 Å². The predicted molar refractivity (Wildman–Crippen MR) is 96.4 cm³/mol. The summed E-state index contributed by atoms with van der Waals surface area (Å²) in [5, 5.41) is 2.67. The van der Waals surface area contributed by atoms with Crippen LogP contribution in [0.2, 0.25) is 0 Å².